The van der Waals surface area contributed by atoms with Gasteiger partial charge in [-0.25, -0.2) is 13.4 Å². The number of rotatable bonds is 2. The van der Waals surface area contributed by atoms with Gasteiger partial charge in [0.15, 0.2) is 0 Å². The molecule has 0 spiro atoms. The molecule has 0 saturated carbocycles. The van der Waals surface area contributed by atoms with Gasteiger partial charge in [-0.1, -0.05) is 0 Å². The minimum atomic E-state index is -2.89. The van der Waals surface area contributed by atoms with Gasteiger partial charge in [0.2, 0.25) is 5.82 Å². The van der Waals surface area contributed by atoms with E-state index in [0.717, 1.165) is 0 Å². The first kappa shape index (κ1) is 11.1. The maximum absolute atomic E-state index is 11.5. The summed E-state index contributed by atoms with van der Waals surface area (Å²) in [5, 5.41) is 8.74. The number of aromatic amines is 1. The maximum Gasteiger partial charge on any atom is 0.288 e. The van der Waals surface area contributed by atoms with E-state index >= 15 is 0 Å². The molecule has 88 valence electrons. The molecular weight excluding hydrogens is 232 g/mol. The third-order valence-electron chi connectivity index (χ3n) is 2.52. The van der Waals surface area contributed by atoms with Crippen LogP contribution in [0.2, 0.25) is 0 Å². The number of carbonyl (C=O) groups excluding carboxylic acids is 1. The smallest absolute Gasteiger partial charge is 0.288 e. The Morgan fingerprint density at radius 1 is 1.44 bits per heavy atom. The first-order valence-corrected chi connectivity index (χ1v) is 6.75. The second-order valence-corrected chi connectivity index (χ2v) is 6.04. The molecule has 0 bridgehead atoms. The van der Waals surface area contributed by atoms with Crippen molar-refractivity contribution >= 4 is 15.7 Å². The van der Waals surface area contributed by atoms with Crippen LogP contribution in [0.15, 0.2) is 6.33 Å². The fraction of sp³-hybridized carbons (Fsp3) is 0.625. The van der Waals surface area contributed by atoms with Crippen LogP contribution in [0, 0.1) is 0 Å². The fourth-order valence-corrected chi connectivity index (χ4v) is 3.09. The van der Waals surface area contributed by atoms with E-state index in [1.54, 1.807) is 0 Å². The summed E-state index contributed by atoms with van der Waals surface area (Å²) in [5.41, 5.74) is 0. The summed E-state index contributed by atoms with van der Waals surface area (Å²) >= 11 is 0. The zero-order valence-corrected chi connectivity index (χ0v) is 9.33. The predicted octanol–water partition coefficient (Wildman–Crippen LogP) is -0.888. The van der Waals surface area contributed by atoms with E-state index in [0.29, 0.717) is 12.8 Å². The van der Waals surface area contributed by atoms with E-state index in [2.05, 4.69) is 20.5 Å². The van der Waals surface area contributed by atoms with Gasteiger partial charge in [-0.05, 0) is 12.8 Å². The molecule has 2 rings (SSSR count). The summed E-state index contributed by atoms with van der Waals surface area (Å²) in [5.74, 6) is 0.0677. The van der Waals surface area contributed by atoms with Crippen LogP contribution in [-0.4, -0.2) is 47.1 Å². The number of sulfone groups is 1. The molecule has 2 heterocycles. The Labute approximate surface area is 92.6 Å². The number of nitrogens with zero attached hydrogens (tertiary/aromatic N) is 2. The second-order valence-electron chi connectivity index (χ2n) is 3.73. The Hall–Kier alpha value is -1.44. The quantitative estimate of drug-likeness (QED) is 0.702. The van der Waals surface area contributed by atoms with Crippen LogP contribution in [0.25, 0.3) is 0 Å². The Balaban J connectivity index is 1.90. The van der Waals surface area contributed by atoms with Gasteiger partial charge in [0, 0.05) is 6.04 Å². The number of H-pyrrole nitrogens is 1. The highest BCUT2D eigenvalue weighted by molar-refractivity contribution is 7.91. The van der Waals surface area contributed by atoms with Crippen molar-refractivity contribution in [1.82, 2.24) is 20.5 Å². The zero-order chi connectivity index (χ0) is 11.6. The Morgan fingerprint density at radius 2 is 2.12 bits per heavy atom. The van der Waals surface area contributed by atoms with Gasteiger partial charge in [-0.2, -0.15) is 5.10 Å². The zero-order valence-electron chi connectivity index (χ0n) is 8.51. The summed E-state index contributed by atoms with van der Waals surface area (Å²) < 4.78 is 22.3. The fourth-order valence-electron chi connectivity index (χ4n) is 1.60. The number of hydrogen-bond acceptors (Lipinski definition) is 5. The molecular formula is C8H12N4O3S. The number of aromatic nitrogens is 3. The minimum absolute atomic E-state index is 0.0962. The molecule has 1 aromatic rings. The molecule has 16 heavy (non-hydrogen) atoms. The topological polar surface area (TPSA) is 105 Å². The lowest BCUT2D eigenvalue weighted by molar-refractivity contribution is 0.0924. The Morgan fingerprint density at radius 3 is 2.69 bits per heavy atom. The Bertz CT molecular complexity index is 453. The third kappa shape index (κ3) is 2.57. The molecule has 1 aromatic heterocycles. The van der Waals surface area contributed by atoms with E-state index < -0.39 is 9.84 Å². The average molecular weight is 244 g/mol. The molecule has 1 aliphatic heterocycles. The third-order valence-corrected chi connectivity index (χ3v) is 4.24. The summed E-state index contributed by atoms with van der Waals surface area (Å²) in [6.07, 6.45) is 2.17. The molecule has 0 unspecified atom stereocenters. The summed E-state index contributed by atoms with van der Waals surface area (Å²) in [6, 6.07) is -0.0962. The summed E-state index contributed by atoms with van der Waals surface area (Å²) in [7, 11) is -2.89. The summed E-state index contributed by atoms with van der Waals surface area (Å²) in [4.78, 5) is 15.3. The van der Waals surface area contributed by atoms with E-state index in [9.17, 15) is 13.2 Å². The highest BCUT2D eigenvalue weighted by atomic mass is 32.2. The second kappa shape index (κ2) is 4.20. The first-order valence-electron chi connectivity index (χ1n) is 4.93. The van der Waals surface area contributed by atoms with Gasteiger partial charge in [0.1, 0.15) is 16.2 Å². The number of nitrogens with one attached hydrogen (secondary N) is 2. The molecule has 7 nitrogen and oxygen atoms in total. The predicted molar refractivity (Wildman–Crippen MR) is 55.5 cm³/mol. The van der Waals surface area contributed by atoms with Crippen molar-refractivity contribution in [3.8, 4) is 0 Å². The van der Waals surface area contributed by atoms with Gasteiger partial charge >= 0.3 is 0 Å². The molecule has 8 heteroatoms. The molecule has 1 saturated heterocycles. The van der Waals surface area contributed by atoms with Crippen LogP contribution in [0.1, 0.15) is 23.5 Å². The Kier molecular flexibility index (Phi) is 2.90. The molecule has 2 N–H and O–H groups in total. The number of hydrogen-bond donors (Lipinski definition) is 2. The van der Waals surface area contributed by atoms with Crippen molar-refractivity contribution in [1.29, 1.82) is 0 Å². The molecule has 0 atom stereocenters. The normalized spacial score (nSPS) is 20.5. The van der Waals surface area contributed by atoms with Crippen molar-refractivity contribution in [2.24, 2.45) is 0 Å². The minimum Gasteiger partial charge on any atom is -0.347 e. The van der Waals surface area contributed by atoms with Crippen LogP contribution in [0.4, 0.5) is 0 Å². The standard InChI is InChI=1S/C8H12N4O3S/c13-8(7-9-5-10-12-7)11-6-1-3-16(14,15)4-2-6/h5-6H,1-4H2,(H,11,13)(H,9,10,12). The van der Waals surface area contributed by atoms with Gasteiger partial charge in [0.05, 0.1) is 11.5 Å². The van der Waals surface area contributed by atoms with Crippen molar-refractivity contribution in [2.45, 2.75) is 18.9 Å². The molecule has 0 aliphatic carbocycles. The lowest BCUT2D eigenvalue weighted by atomic mass is 10.1. The molecule has 1 amide bonds. The highest BCUT2D eigenvalue weighted by Crippen LogP contribution is 2.12. The van der Waals surface area contributed by atoms with E-state index in [1.165, 1.54) is 6.33 Å². The lowest BCUT2D eigenvalue weighted by Gasteiger charge is -2.22. The van der Waals surface area contributed by atoms with Gasteiger partial charge in [0.25, 0.3) is 5.91 Å². The van der Waals surface area contributed by atoms with E-state index in [4.69, 9.17) is 0 Å². The maximum atomic E-state index is 11.5. The lowest BCUT2D eigenvalue weighted by Crippen LogP contribution is -2.41. The van der Waals surface area contributed by atoms with Gasteiger partial charge in [-0.3, -0.25) is 9.89 Å². The van der Waals surface area contributed by atoms with E-state index in [1.807, 2.05) is 0 Å². The van der Waals surface area contributed by atoms with Crippen molar-refractivity contribution in [3.63, 3.8) is 0 Å². The summed E-state index contributed by atoms with van der Waals surface area (Å²) in [6.45, 7) is 0. The molecule has 1 fully saturated rings. The monoisotopic (exact) mass is 244 g/mol. The van der Waals surface area contributed by atoms with Crippen LogP contribution in [0.3, 0.4) is 0 Å². The van der Waals surface area contributed by atoms with Gasteiger partial charge in [-0.15, -0.1) is 0 Å². The SMILES string of the molecule is O=C(NC1CCS(=O)(=O)CC1)c1ncn[nH]1. The largest absolute Gasteiger partial charge is 0.347 e. The van der Waals surface area contributed by atoms with Crippen LogP contribution in [-0.2, 0) is 9.84 Å². The van der Waals surface area contributed by atoms with E-state index in [-0.39, 0.29) is 29.3 Å². The number of amides is 1. The average Bonchev–Trinajstić information content (AvgIpc) is 2.74. The van der Waals surface area contributed by atoms with Crippen molar-refractivity contribution < 1.29 is 13.2 Å². The molecule has 0 aromatic carbocycles. The molecule has 0 radical (unpaired) electrons. The van der Waals surface area contributed by atoms with Crippen molar-refractivity contribution in [2.75, 3.05) is 11.5 Å². The van der Waals surface area contributed by atoms with Crippen LogP contribution < -0.4 is 5.32 Å². The first-order chi connectivity index (χ1) is 7.57. The highest BCUT2D eigenvalue weighted by Gasteiger charge is 2.25. The number of carbonyl (C=O) groups is 1. The molecule has 1 aliphatic rings. The van der Waals surface area contributed by atoms with Crippen molar-refractivity contribution in [3.05, 3.63) is 12.2 Å². The van der Waals surface area contributed by atoms with Crippen LogP contribution >= 0.6 is 0 Å². The van der Waals surface area contributed by atoms with Crippen LogP contribution in [0.5, 0.6) is 0 Å². The van der Waals surface area contributed by atoms with Gasteiger partial charge < -0.3 is 5.32 Å².